The van der Waals surface area contributed by atoms with E-state index in [1.807, 2.05) is 4.98 Å². The Morgan fingerprint density at radius 1 is 1.13 bits per heavy atom. The van der Waals surface area contributed by atoms with Crippen molar-refractivity contribution in [3.8, 4) is 23.4 Å². The van der Waals surface area contributed by atoms with E-state index in [0.29, 0.717) is 5.39 Å². The molecule has 0 unspecified atom stereocenters. The predicted molar refractivity (Wildman–Crippen MR) is 105 cm³/mol. The smallest absolute Gasteiger partial charge is 0.349 e. The normalized spacial score (nSPS) is 10.7. The maximum atomic E-state index is 12.1. The van der Waals surface area contributed by atoms with Gasteiger partial charge in [0.25, 0.3) is 11.1 Å². The minimum absolute atomic E-state index is 0.000324. The van der Waals surface area contributed by atoms with Crippen molar-refractivity contribution < 1.29 is 4.74 Å². The van der Waals surface area contributed by atoms with Crippen molar-refractivity contribution in [2.45, 2.75) is 0 Å². The predicted octanol–water partition coefficient (Wildman–Crippen LogP) is 1.52. The zero-order valence-corrected chi connectivity index (χ0v) is 16.0. The molecule has 30 heavy (non-hydrogen) atoms. The molecule has 0 aliphatic heterocycles. The fraction of sp³-hybridized carbons (Fsp3) is 0. The molecule has 0 spiro atoms. The third-order valence-electron chi connectivity index (χ3n) is 3.87. The van der Waals surface area contributed by atoms with Crippen LogP contribution in [0.25, 0.3) is 16.6 Å². The van der Waals surface area contributed by atoms with Gasteiger partial charge in [-0.3, -0.25) is 19.6 Å². The van der Waals surface area contributed by atoms with Gasteiger partial charge in [0.05, 0.1) is 21.1 Å². The van der Waals surface area contributed by atoms with E-state index in [4.69, 9.17) is 33.2 Å². The second-order valence-corrected chi connectivity index (χ2v) is 6.54. The lowest BCUT2D eigenvalue weighted by atomic mass is 10.2. The van der Waals surface area contributed by atoms with E-state index < -0.39 is 22.5 Å². The van der Waals surface area contributed by atoms with E-state index in [0.717, 1.165) is 4.68 Å². The Labute approximate surface area is 175 Å². The standard InChI is InChI=1S/C17H7Cl2N7O4/c18-9-4-7(26-17(29)22-14(27)11(6-20)25-26)5-10(19)13(9)30-16-8-2-1-3-21-12(8)15(28)23-24-16/h1-5H,(H,23,28)(H,22,27,29). The van der Waals surface area contributed by atoms with Crippen LogP contribution >= 0.6 is 23.2 Å². The third kappa shape index (κ3) is 3.30. The van der Waals surface area contributed by atoms with E-state index in [-0.39, 0.29) is 32.9 Å². The Morgan fingerprint density at radius 2 is 1.87 bits per heavy atom. The molecule has 0 bridgehead atoms. The average Bonchev–Trinajstić information content (AvgIpc) is 2.72. The minimum atomic E-state index is -0.916. The number of nitrogens with zero attached hydrogens (tertiary/aromatic N) is 5. The van der Waals surface area contributed by atoms with Crippen molar-refractivity contribution in [3.05, 3.63) is 77.4 Å². The Balaban J connectivity index is 1.82. The molecule has 4 rings (SSSR count). The van der Waals surface area contributed by atoms with Crippen molar-refractivity contribution in [2.75, 3.05) is 0 Å². The number of nitriles is 1. The number of aromatic nitrogens is 6. The average molecular weight is 444 g/mol. The zero-order chi connectivity index (χ0) is 21.4. The number of aromatic amines is 2. The molecule has 0 saturated heterocycles. The molecular formula is C17H7Cl2N7O4. The SMILES string of the molecule is N#Cc1nn(-c2cc(Cl)c(Oc3n[nH]c(=O)c4ncccc34)c(Cl)c2)c(=O)[nH]c1=O. The van der Waals surface area contributed by atoms with Crippen LogP contribution in [-0.4, -0.2) is 29.9 Å². The molecule has 11 nitrogen and oxygen atoms in total. The summed E-state index contributed by atoms with van der Waals surface area (Å²) in [5.74, 6) is -0.00915. The van der Waals surface area contributed by atoms with Gasteiger partial charge in [0.1, 0.15) is 11.6 Å². The van der Waals surface area contributed by atoms with Gasteiger partial charge in [-0.25, -0.2) is 9.89 Å². The number of hydrogen-bond acceptors (Lipinski definition) is 8. The molecule has 0 saturated carbocycles. The zero-order valence-electron chi connectivity index (χ0n) is 14.5. The van der Waals surface area contributed by atoms with Crippen molar-refractivity contribution >= 4 is 34.1 Å². The fourth-order valence-corrected chi connectivity index (χ4v) is 3.12. The number of rotatable bonds is 3. The quantitative estimate of drug-likeness (QED) is 0.481. The van der Waals surface area contributed by atoms with Crippen LogP contribution in [0.1, 0.15) is 5.69 Å². The summed E-state index contributed by atoms with van der Waals surface area (Å²) < 4.78 is 6.45. The summed E-state index contributed by atoms with van der Waals surface area (Å²) in [4.78, 5) is 41.4. The molecular weight excluding hydrogens is 437 g/mol. The highest BCUT2D eigenvalue weighted by molar-refractivity contribution is 6.37. The lowest BCUT2D eigenvalue weighted by molar-refractivity contribution is 0.461. The lowest BCUT2D eigenvalue weighted by Crippen LogP contribution is -2.33. The molecule has 0 radical (unpaired) electrons. The lowest BCUT2D eigenvalue weighted by Gasteiger charge is -2.12. The monoisotopic (exact) mass is 443 g/mol. The first-order valence-electron chi connectivity index (χ1n) is 8.03. The van der Waals surface area contributed by atoms with Crippen LogP contribution in [0, 0.1) is 11.3 Å². The highest BCUT2D eigenvalue weighted by Gasteiger charge is 2.17. The van der Waals surface area contributed by atoms with Crippen LogP contribution in [0.4, 0.5) is 0 Å². The van der Waals surface area contributed by atoms with Crippen LogP contribution in [0.2, 0.25) is 10.0 Å². The molecule has 0 fully saturated rings. The molecule has 2 N–H and O–H groups in total. The summed E-state index contributed by atoms with van der Waals surface area (Å²) in [7, 11) is 0. The molecule has 3 aromatic heterocycles. The maximum Gasteiger partial charge on any atom is 0.349 e. The highest BCUT2D eigenvalue weighted by Crippen LogP contribution is 2.38. The Kier molecular flexibility index (Phi) is 4.78. The van der Waals surface area contributed by atoms with E-state index in [2.05, 4.69) is 20.3 Å². The summed E-state index contributed by atoms with van der Waals surface area (Å²) in [6, 6.07) is 7.36. The first-order valence-corrected chi connectivity index (χ1v) is 8.79. The molecule has 13 heteroatoms. The molecule has 0 aliphatic rings. The highest BCUT2D eigenvalue weighted by atomic mass is 35.5. The molecule has 0 amide bonds. The van der Waals surface area contributed by atoms with Gasteiger partial charge < -0.3 is 4.74 Å². The Hall–Kier alpha value is -4.01. The molecule has 0 aliphatic carbocycles. The van der Waals surface area contributed by atoms with Crippen LogP contribution in [0.5, 0.6) is 11.6 Å². The molecule has 148 valence electrons. The van der Waals surface area contributed by atoms with Crippen LogP contribution < -0.4 is 21.5 Å². The second-order valence-electron chi connectivity index (χ2n) is 5.73. The van der Waals surface area contributed by atoms with Gasteiger partial charge in [-0.15, -0.1) is 10.2 Å². The molecule has 4 aromatic rings. The number of pyridine rings is 1. The van der Waals surface area contributed by atoms with Gasteiger partial charge in [-0.2, -0.15) is 9.94 Å². The Morgan fingerprint density at radius 3 is 2.57 bits per heavy atom. The number of hydrogen-bond donors (Lipinski definition) is 2. The van der Waals surface area contributed by atoms with Gasteiger partial charge in [-0.05, 0) is 24.3 Å². The van der Waals surface area contributed by atoms with Crippen molar-refractivity contribution in [1.29, 1.82) is 5.26 Å². The topological polar surface area (TPSA) is 159 Å². The van der Waals surface area contributed by atoms with E-state index >= 15 is 0 Å². The summed E-state index contributed by atoms with van der Waals surface area (Å²) >= 11 is 12.5. The van der Waals surface area contributed by atoms with Gasteiger partial charge in [0.15, 0.2) is 5.75 Å². The maximum absolute atomic E-state index is 12.1. The second kappa shape index (κ2) is 7.43. The Bertz CT molecular complexity index is 1510. The summed E-state index contributed by atoms with van der Waals surface area (Å²) in [5.41, 5.74) is -2.63. The summed E-state index contributed by atoms with van der Waals surface area (Å²) in [5, 5.41) is 19.0. The van der Waals surface area contributed by atoms with Gasteiger partial charge in [-0.1, -0.05) is 23.2 Å². The molecule has 3 heterocycles. The number of fused-ring (bicyclic) bond motifs is 1. The summed E-state index contributed by atoms with van der Waals surface area (Å²) in [6.45, 7) is 0. The first kappa shape index (κ1) is 19.3. The van der Waals surface area contributed by atoms with Crippen molar-refractivity contribution in [1.82, 2.24) is 29.9 Å². The number of nitrogens with one attached hydrogen (secondary N) is 2. The van der Waals surface area contributed by atoms with Crippen LogP contribution in [0.3, 0.4) is 0 Å². The summed E-state index contributed by atoms with van der Waals surface area (Å²) in [6.07, 6.45) is 1.44. The van der Waals surface area contributed by atoms with Gasteiger partial charge in [0, 0.05) is 6.20 Å². The van der Waals surface area contributed by atoms with E-state index in [1.165, 1.54) is 18.3 Å². The number of benzene rings is 1. The van der Waals surface area contributed by atoms with E-state index in [1.54, 1.807) is 18.2 Å². The van der Waals surface area contributed by atoms with E-state index in [9.17, 15) is 14.4 Å². The molecule has 1 aromatic carbocycles. The number of H-pyrrole nitrogens is 2. The third-order valence-corrected chi connectivity index (χ3v) is 4.43. The van der Waals surface area contributed by atoms with Crippen molar-refractivity contribution in [3.63, 3.8) is 0 Å². The van der Waals surface area contributed by atoms with Crippen molar-refractivity contribution in [2.24, 2.45) is 0 Å². The van der Waals surface area contributed by atoms with Crippen LogP contribution in [-0.2, 0) is 0 Å². The van der Waals surface area contributed by atoms with Gasteiger partial charge >= 0.3 is 5.69 Å². The first-order chi connectivity index (χ1) is 14.4. The number of ether oxygens (including phenoxy) is 1. The fourth-order valence-electron chi connectivity index (χ4n) is 2.56. The van der Waals surface area contributed by atoms with Gasteiger partial charge in [0.2, 0.25) is 11.6 Å². The minimum Gasteiger partial charge on any atom is -0.434 e. The van der Waals surface area contributed by atoms with Crippen LogP contribution in [0.15, 0.2) is 44.8 Å². The largest absolute Gasteiger partial charge is 0.434 e. The number of halogens is 2. The molecule has 0 atom stereocenters.